The van der Waals surface area contributed by atoms with Crippen molar-refractivity contribution in [2.24, 2.45) is 5.92 Å². The number of aromatic nitrogens is 2. The predicted octanol–water partition coefficient (Wildman–Crippen LogP) is 3.31. The van der Waals surface area contributed by atoms with E-state index in [-0.39, 0.29) is 0 Å². The summed E-state index contributed by atoms with van der Waals surface area (Å²) in [6.07, 6.45) is 8.47. The molecule has 0 atom stereocenters. The zero-order valence-corrected chi connectivity index (χ0v) is 10.9. The van der Waals surface area contributed by atoms with Crippen molar-refractivity contribution in [2.45, 2.75) is 38.6 Å². The molecule has 1 N–H and O–H groups in total. The van der Waals surface area contributed by atoms with E-state index < -0.39 is 5.97 Å². The van der Waals surface area contributed by atoms with E-state index in [0.717, 1.165) is 23.5 Å². The normalized spacial score (nSPS) is 16.8. The zero-order chi connectivity index (χ0) is 13.2. The van der Waals surface area contributed by atoms with E-state index in [1.54, 1.807) is 12.1 Å². The molecule has 0 radical (unpaired) electrons. The molecule has 1 aromatic heterocycles. The first-order valence-corrected chi connectivity index (χ1v) is 6.92. The largest absolute Gasteiger partial charge is 0.478 e. The lowest BCUT2D eigenvalue weighted by Crippen LogP contribution is -2.13. The first kappa shape index (κ1) is 12.2. The number of carbonyl (C=O) groups is 1. The number of fused-ring (bicyclic) bond motifs is 1. The van der Waals surface area contributed by atoms with Gasteiger partial charge in [-0.15, -0.1) is 0 Å². The zero-order valence-electron chi connectivity index (χ0n) is 10.9. The Morgan fingerprint density at radius 3 is 2.84 bits per heavy atom. The van der Waals surface area contributed by atoms with Crippen LogP contribution in [0, 0.1) is 5.92 Å². The second-order valence-electron chi connectivity index (χ2n) is 5.41. The number of imidazole rings is 1. The van der Waals surface area contributed by atoms with Gasteiger partial charge in [0, 0.05) is 6.54 Å². The fraction of sp³-hybridized carbons (Fsp3) is 0.467. The molecule has 0 spiro atoms. The lowest BCUT2D eigenvalue weighted by Gasteiger charge is -2.22. The number of hydrogen-bond acceptors (Lipinski definition) is 2. The molecular weight excluding hydrogens is 240 g/mol. The Morgan fingerprint density at radius 2 is 2.11 bits per heavy atom. The van der Waals surface area contributed by atoms with Gasteiger partial charge in [0.2, 0.25) is 0 Å². The average molecular weight is 258 g/mol. The molecule has 4 heteroatoms. The van der Waals surface area contributed by atoms with Crippen LogP contribution in [0.2, 0.25) is 0 Å². The molecule has 0 unspecified atom stereocenters. The van der Waals surface area contributed by atoms with Crippen molar-refractivity contribution in [3.05, 3.63) is 30.1 Å². The smallest absolute Gasteiger partial charge is 0.335 e. The maximum absolute atomic E-state index is 10.9. The number of hydrogen-bond donors (Lipinski definition) is 1. The minimum atomic E-state index is -0.899. The number of benzene rings is 1. The van der Waals surface area contributed by atoms with E-state index in [9.17, 15) is 4.79 Å². The molecule has 1 aromatic carbocycles. The fourth-order valence-corrected chi connectivity index (χ4v) is 2.99. The summed E-state index contributed by atoms with van der Waals surface area (Å²) in [5.41, 5.74) is 2.11. The minimum Gasteiger partial charge on any atom is -0.478 e. The third kappa shape index (κ3) is 2.48. The van der Waals surface area contributed by atoms with Gasteiger partial charge in [-0.05, 0) is 37.0 Å². The maximum atomic E-state index is 10.9. The van der Waals surface area contributed by atoms with Crippen LogP contribution >= 0.6 is 0 Å². The van der Waals surface area contributed by atoms with Gasteiger partial charge in [0.1, 0.15) is 0 Å². The summed E-state index contributed by atoms with van der Waals surface area (Å²) in [7, 11) is 0. The summed E-state index contributed by atoms with van der Waals surface area (Å²) in [4.78, 5) is 15.3. The van der Waals surface area contributed by atoms with Crippen molar-refractivity contribution >= 4 is 17.0 Å². The number of aromatic carboxylic acids is 1. The van der Waals surface area contributed by atoms with Gasteiger partial charge in [-0.3, -0.25) is 0 Å². The molecule has 1 aliphatic rings. The van der Waals surface area contributed by atoms with Crippen LogP contribution in [0.1, 0.15) is 42.5 Å². The Balaban J connectivity index is 1.86. The Kier molecular flexibility index (Phi) is 3.23. The van der Waals surface area contributed by atoms with Gasteiger partial charge < -0.3 is 9.67 Å². The number of carboxylic acids is 1. The van der Waals surface area contributed by atoms with Crippen LogP contribution in [-0.4, -0.2) is 20.6 Å². The maximum Gasteiger partial charge on any atom is 0.335 e. The monoisotopic (exact) mass is 258 g/mol. The van der Waals surface area contributed by atoms with Crippen molar-refractivity contribution in [3.8, 4) is 0 Å². The molecule has 19 heavy (non-hydrogen) atoms. The van der Waals surface area contributed by atoms with E-state index in [0.29, 0.717) is 5.56 Å². The molecule has 2 aromatic rings. The van der Waals surface area contributed by atoms with Gasteiger partial charge in [0.15, 0.2) is 0 Å². The van der Waals surface area contributed by atoms with Crippen molar-refractivity contribution in [1.29, 1.82) is 0 Å². The summed E-state index contributed by atoms with van der Waals surface area (Å²) in [5.74, 6) is -0.158. The minimum absolute atomic E-state index is 0.301. The lowest BCUT2D eigenvalue weighted by atomic mass is 9.89. The van der Waals surface area contributed by atoms with Crippen molar-refractivity contribution in [1.82, 2.24) is 9.55 Å². The third-order valence-electron chi connectivity index (χ3n) is 4.05. The summed E-state index contributed by atoms with van der Waals surface area (Å²) >= 11 is 0. The molecule has 0 saturated heterocycles. The van der Waals surface area contributed by atoms with E-state index in [2.05, 4.69) is 9.55 Å². The second kappa shape index (κ2) is 5.03. The Hall–Kier alpha value is -1.84. The molecule has 1 aliphatic carbocycles. The molecule has 100 valence electrons. The molecule has 3 rings (SSSR count). The van der Waals surface area contributed by atoms with Gasteiger partial charge in [0.25, 0.3) is 0 Å². The lowest BCUT2D eigenvalue weighted by molar-refractivity contribution is 0.0697. The van der Waals surface area contributed by atoms with Gasteiger partial charge >= 0.3 is 5.97 Å². The summed E-state index contributed by atoms with van der Waals surface area (Å²) in [6, 6.07) is 5.17. The number of carboxylic acid groups (broad SMARTS) is 1. The molecule has 0 amide bonds. The summed E-state index contributed by atoms with van der Waals surface area (Å²) < 4.78 is 2.16. The van der Waals surface area contributed by atoms with Crippen LogP contribution in [0.5, 0.6) is 0 Å². The first-order chi connectivity index (χ1) is 9.24. The molecular formula is C15H18N2O2. The van der Waals surface area contributed by atoms with Crippen LogP contribution in [0.15, 0.2) is 24.5 Å². The SMILES string of the molecule is O=C(O)c1ccc2c(c1)ncn2CC1CCCCC1. The van der Waals surface area contributed by atoms with Gasteiger partial charge in [-0.1, -0.05) is 19.3 Å². The van der Waals surface area contributed by atoms with E-state index >= 15 is 0 Å². The van der Waals surface area contributed by atoms with Crippen LogP contribution in [0.3, 0.4) is 0 Å². The third-order valence-corrected chi connectivity index (χ3v) is 4.05. The van der Waals surface area contributed by atoms with Gasteiger partial charge in [-0.25, -0.2) is 9.78 Å². The van der Waals surface area contributed by atoms with Crippen LogP contribution in [-0.2, 0) is 6.54 Å². The topological polar surface area (TPSA) is 55.1 Å². The molecule has 1 fully saturated rings. The first-order valence-electron chi connectivity index (χ1n) is 6.92. The number of rotatable bonds is 3. The highest BCUT2D eigenvalue weighted by atomic mass is 16.4. The molecule has 1 heterocycles. The highest BCUT2D eigenvalue weighted by Crippen LogP contribution is 2.26. The Bertz CT molecular complexity index is 597. The molecule has 0 bridgehead atoms. The predicted molar refractivity (Wildman–Crippen MR) is 73.3 cm³/mol. The van der Waals surface area contributed by atoms with Crippen molar-refractivity contribution < 1.29 is 9.90 Å². The molecule has 1 saturated carbocycles. The van der Waals surface area contributed by atoms with Crippen molar-refractivity contribution in [2.75, 3.05) is 0 Å². The summed E-state index contributed by atoms with van der Waals surface area (Å²) in [6.45, 7) is 1.00. The van der Waals surface area contributed by atoms with Gasteiger partial charge in [-0.2, -0.15) is 0 Å². The van der Waals surface area contributed by atoms with Crippen molar-refractivity contribution in [3.63, 3.8) is 0 Å². The van der Waals surface area contributed by atoms with Crippen LogP contribution < -0.4 is 0 Å². The second-order valence-corrected chi connectivity index (χ2v) is 5.41. The fourth-order valence-electron chi connectivity index (χ4n) is 2.99. The van der Waals surface area contributed by atoms with E-state index in [1.807, 2.05) is 12.4 Å². The highest BCUT2D eigenvalue weighted by Gasteiger charge is 2.15. The van der Waals surface area contributed by atoms with E-state index in [1.165, 1.54) is 32.1 Å². The quantitative estimate of drug-likeness (QED) is 0.918. The van der Waals surface area contributed by atoms with Gasteiger partial charge in [0.05, 0.1) is 22.9 Å². The number of nitrogens with zero attached hydrogens (tertiary/aromatic N) is 2. The standard InChI is InChI=1S/C15H18N2O2/c18-15(19)12-6-7-14-13(8-12)16-10-17(14)9-11-4-2-1-3-5-11/h6-8,10-11H,1-5,9H2,(H,18,19). The van der Waals surface area contributed by atoms with Crippen LogP contribution in [0.4, 0.5) is 0 Å². The molecule has 4 nitrogen and oxygen atoms in total. The highest BCUT2D eigenvalue weighted by molar-refractivity contribution is 5.92. The average Bonchev–Trinajstić information content (AvgIpc) is 2.82. The Labute approximate surface area is 112 Å². The van der Waals surface area contributed by atoms with Crippen LogP contribution in [0.25, 0.3) is 11.0 Å². The summed E-state index contributed by atoms with van der Waals surface area (Å²) in [5, 5.41) is 8.98. The Morgan fingerprint density at radius 1 is 1.32 bits per heavy atom. The van der Waals surface area contributed by atoms with E-state index in [4.69, 9.17) is 5.11 Å². The molecule has 0 aliphatic heterocycles.